The molecular formula is C7H10O2. The van der Waals surface area contributed by atoms with Crippen molar-refractivity contribution in [3.05, 3.63) is 23.8 Å². The van der Waals surface area contributed by atoms with E-state index in [-0.39, 0.29) is 0 Å². The van der Waals surface area contributed by atoms with Gasteiger partial charge in [0.1, 0.15) is 0 Å². The minimum Gasteiger partial charge on any atom is -0.478 e. The molecule has 0 bridgehead atoms. The van der Waals surface area contributed by atoms with Crippen LogP contribution in [-0.4, -0.2) is 11.1 Å². The summed E-state index contributed by atoms with van der Waals surface area (Å²) in [5.74, 6) is -0.921. The Morgan fingerprint density at radius 3 is 2.11 bits per heavy atom. The molecular weight excluding hydrogens is 116 g/mol. The van der Waals surface area contributed by atoms with Gasteiger partial charge in [-0.2, -0.15) is 0 Å². The van der Waals surface area contributed by atoms with Crippen LogP contribution in [-0.2, 0) is 4.79 Å². The maximum atomic E-state index is 10.00. The number of hydrogen-bond acceptors (Lipinski definition) is 1. The van der Waals surface area contributed by atoms with Crippen LogP contribution in [0.3, 0.4) is 0 Å². The Morgan fingerprint density at radius 1 is 1.56 bits per heavy atom. The molecule has 0 fully saturated rings. The van der Waals surface area contributed by atoms with Crippen LogP contribution < -0.4 is 0 Å². The van der Waals surface area contributed by atoms with Crippen LogP contribution in [0.5, 0.6) is 0 Å². The fourth-order valence-electron chi connectivity index (χ4n) is 0.308. The van der Waals surface area contributed by atoms with E-state index in [0.29, 0.717) is 5.57 Å². The summed E-state index contributed by atoms with van der Waals surface area (Å²) in [5, 5.41) is 8.22. The molecule has 0 aliphatic carbocycles. The lowest BCUT2D eigenvalue weighted by Crippen LogP contribution is -1.89. The third-order valence-electron chi connectivity index (χ3n) is 1.01. The van der Waals surface area contributed by atoms with Crippen LogP contribution in [0.1, 0.15) is 13.8 Å². The van der Waals surface area contributed by atoms with Gasteiger partial charge < -0.3 is 5.11 Å². The van der Waals surface area contributed by atoms with Crippen LogP contribution >= 0.6 is 0 Å². The SMILES string of the molecule is C=C(C)/C(C)=C\C(=O)O. The summed E-state index contributed by atoms with van der Waals surface area (Å²) in [6, 6.07) is 0. The van der Waals surface area contributed by atoms with E-state index in [1.807, 2.05) is 0 Å². The lowest BCUT2D eigenvalue weighted by molar-refractivity contribution is -0.131. The molecule has 0 amide bonds. The van der Waals surface area contributed by atoms with E-state index in [2.05, 4.69) is 6.58 Å². The molecule has 0 radical (unpaired) electrons. The maximum Gasteiger partial charge on any atom is 0.328 e. The lowest BCUT2D eigenvalue weighted by Gasteiger charge is -1.93. The van der Waals surface area contributed by atoms with Crippen molar-refractivity contribution in [1.82, 2.24) is 0 Å². The van der Waals surface area contributed by atoms with Gasteiger partial charge in [0.15, 0.2) is 0 Å². The predicted molar refractivity (Wildman–Crippen MR) is 36.2 cm³/mol. The van der Waals surface area contributed by atoms with Crippen LogP contribution in [0.15, 0.2) is 23.8 Å². The van der Waals surface area contributed by atoms with Gasteiger partial charge >= 0.3 is 5.97 Å². The molecule has 0 aromatic carbocycles. The third kappa shape index (κ3) is 3.53. The van der Waals surface area contributed by atoms with Gasteiger partial charge in [-0.1, -0.05) is 12.2 Å². The predicted octanol–water partition coefficient (Wildman–Crippen LogP) is 1.59. The average molecular weight is 126 g/mol. The van der Waals surface area contributed by atoms with Crippen LogP contribution in [0.2, 0.25) is 0 Å². The van der Waals surface area contributed by atoms with Gasteiger partial charge in [-0.05, 0) is 19.4 Å². The number of carboxylic acid groups (broad SMARTS) is 1. The average Bonchev–Trinajstić information content (AvgIpc) is 1.63. The molecule has 0 unspecified atom stereocenters. The summed E-state index contributed by atoms with van der Waals surface area (Å²) < 4.78 is 0. The molecule has 0 rings (SSSR count). The first kappa shape index (κ1) is 7.95. The zero-order valence-corrected chi connectivity index (χ0v) is 5.64. The standard InChI is InChI=1S/C7H10O2/c1-5(2)6(3)4-7(8)9/h4H,1H2,2-3H3,(H,8,9)/b6-4-. The van der Waals surface area contributed by atoms with Crippen molar-refractivity contribution in [1.29, 1.82) is 0 Å². The number of carboxylic acids is 1. The highest BCUT2D eigenvalue weighted by atomic mass is 16.4. The first-order chi connectivity index (χ1) is 4.04. The molecule has 9 heavy (non-hydrogen) atoms. The van der Waals surface area contributed by atoms with Crippen molar-refractivity contribution < 1.29 is 9.90 Å². The minimum atomic E-state index is -0.921. The van der Waals surface area contributed by atoms with Crippen molar-refractivity contribution in [2.75, 3.05) is 0 Å². The van der Waals surface area contributed by atoms with Gasteiger partial charge in [0.05, 0.1) is 0 Å². The Bertz CT molecular complexity index is 166. The molecule has 2 nitrogen and oxygen atoms in total. The van der Waals surface area contributed by atoms with E-state index in [4.69, 9.17) is 5.11 Å². The molecule has 0 saturated heterocycles. The molecule has 0 saturated carbocycles. The molecule has 2 heteroatoms. The molecule has 0 heterocycles. The van der Waals surface area contributed by atoms with E-state index in [0.717, 1.165) is 11.6 Å². The second-order valence-electron chi connectivity index (χ2n) is 1.95. The first-order valence-electron chi connectivity index (χ1n) is 2.61. The fraction of sp³-hybridized carbons (Fsp3) is 0.286. The van der Waals surface area contributed by atoms with Gasteiger partial charge in [-0.25, -0.2) is 4.79 Å². The highest BCUT2D eigenvalue weighted by Gasteiger charge is 1.92. The first-order valence-corrected chi connectivity index (χ1v) is 2.61. The molecule has 0 spiro atoms. The summed E-state index contributed by atoms with van der Waals surface area (Å²) >= 11 is 0. The van der Waals surface area contributed by atoms with Crippen molar-refractivity contribution in [2.45, 2.75) is 13.8 Å². The summed E-state index contributed by atoms with van der Waals surface area (Å²) in [6.07, 6.45) is 1.14. The number of aliphatic carboxylic acids is 1. The van der Waals surface area contributed by atoms with Crippen molar-refractivity contribution in [2.24, 2.45) is 0 Å². The minimum absolute atomic E-state index is 0.711. The van der Waals surface area contributed by atoms with E-state index in [1.54, 1.807) is 13.8 Å². The number of hydrogen-bond donors (Lipinski definition) is 1. The molecule has 0 aliphatic heterocycles. The molecule has 50 valence electrons. The maximum absolute atomic E-state index is 10.00. The van der Waals surface area contributed by atoms with Crippen molar-refractivity contribution in [3.63, 3.8) is 0 Å². The topological polar surface area (TPSA) is 37.3 Å². The lowest BCUT2D eigenvalue weighted by atomic mass is 10.1. The Balaban J connectivity index is 4.17. The van der Waals surface area contributed by atoms with Crippen molar-refractivity contribution >= 4 is 5.97 Å². The highest BCUT2D eigenvalue weighted by Crippen LogP contribution is 2.03. The summed E-state index contributed by atoms with van der Waals surface area (Å²) in [5.41, 5.74) is 1.50. The van der Waals surface area contributed by atoms with Gasteiger partial charge in [-0.3, -0.25) is 0 Å². The van der Waals surface area contributed by atoms with Gasteiger partial charge in [0.25, 0.3) is 0 Å². The van der Waals surface area contributed by atoms with Gasteiger partial charge in [0, 0.05) is 6.08 Å². The summed E-state index contributed by atoms with van der Waals surface area (Å²) in [4.78, 5) is 10.00. The van der Waals surface area contributed by atoms with E-state index in [9.17, 15) is 4.79 Å². The Hall–Kier alpha value is -1.05. The molecule has 0 atom stereocenters. The van der Waals surface area contributed by atoms with Crippen molar-refractivity contribution in [3.8, 4) is 0 Å². The highest BCUT2D eigenvalue weighted by molar-refractivity contribution is 5.81. The molecule has 0 aromatic heterocycles. The van der Waals surface area contributed by atoms with Crippen LogP contribution in [0, 0.1) is 0 Å². The summed E-state index contributed by atoms with van der Waals surface area (Å²) in [6.45, 7) is 7.07. The van der Waals surface area contributed by atoms with E-state index >= 15 is 0 Å². The smallest absolute Gasteiger partial charge is 0.328 e. The Labute approximate surface area is 54.5 Å². The van der Waals surface area contributed by atoms with E-state index in [1.165, 1.54) is 0 Å². The Morgan fingerprint density at radius 2 is 2.00 bits per heavy atom. The largest absolute Gasteiger partial charge is 0.478 e. The fourth-order valence-corrected chi connectivity index (χ4v) is 0.308. The summed E-state index contributed by atoms with van der Waals surface area (Å²) in [7, 11) is 0. The zero-order valence-electron chi connectivity index (χ0n) is 5.64. The molecule has 0 aromatic rings. The molecule has 1 N–H and O–H groups in total. The second-order valence-corrected chi connectivity index (χ2v) is 1.95. The quantitative estimate of drug-likeness (QED) is 0.450. The van der Waals surface area contributed by atoms with E-state index < -0.39 is 5.97 Å². The van der Waals surface area contributed by atoms with Crippen LogP contribution in [0.4, 0.5) is 0 Å². The van der Waals surface area contributed by atoms with Crippen LogP contribution in [0.25, 0.3) is 0 Å². The monoisotopic (exact) mass is 126 g/mol. The second kappa shape index (κ2) is 3.07. The normalized spacial score (nSPS) is 11.1. The van der Waals surface area contributed by atoms with Gasteiger partial charge in [0.2, 0.25) is 0 Å². The number of carbonyl (C=O) groups is 1. The zero-order chi connectivity index (χ0) is 7.44. The third-order valence-corrected chi connectivity index (χ3v) is 1.01. The molecule has 0 aliphatic rings. The number of allylic oxidation sites excluding steroid dienone is 2. The van der Waals surface area contributed by atoms with Gasteiger partial charge in [-0.15, -0.1) is 0 Å². The Kier molecular flexibility index (Phi) is 2.71. The number of rotatable bonds is 2.